The normalized spacial score (nSPS) is 12.4. The third-order valence-electron chi connectivity index (χ3n) is 3.06. The smallest absolute Gasteiger partial charge is 0.141 e. The van der Waals surface area contributed by atoms with E-state index in [4.69, 9.17) is 11.6 Å². The first-order valence-corrected chi connectivity index (χ1v) is 6.69. The Kier molecular flexibility index (Phi) is 4.94. The predicted octanol–water partition coefficient (Wildman–Crippen LogP) is 4.02. The standard InChI is InChI=1S/C16H16ClFO/c17-15-11-13(7-9-16(15)18)10-14(19)8-6-12-4-2-1-3-5-12/h1-5,7,9,11,14,19H,6,8,10H2. The van der Waals surface area contributed by atoms with Crippen LogP contribution in [-0.4, -0.2) is 11.2 Å². The first kappa shape index (κ1) is 14.0. The SMILES string of the molecule is OC(CCc1ccccc1)Cc1ccc(F)c(Cl)c1. The molecule has 1 nitrogen and oxygen atoms in total. The van der Waals surface area contributed by atoms with Gasteiger partial charge in [0.15, 0.2) is 0 Å². The molecule has 0 aromatic heterocycles. The third kappa shape index (κ3) is 4.34. The molecule has 3 heteroatoms. The van der Waals surface area contributed by atoms with E-state index in [0.717, 1.165) is 12.0 Å². The zero-order chi connectivity index (χ0) is 13.7. The van der Waals surface area contributed by atoms with Gasteiger partial charge in [-0.15, -0.1) is 0 Å². The van der Waals surface area contributed by atoms with Crippen molar-refractivity contribution in [2.45, 2.75) is 25.4 Å². The average molecular weight is 279 g/mol. The maximum atomic E-state index is 13.0. The van der Waals surface area contributed by atoms with Crippen LogP contribution in [0.5, 0.6) is 0 Å². The molecule has 100 valence electrons. The highest BCUT2D eigenvalue weighted by atomic mass is 35.5. The first-order chi connectivity index (χ1) is 9.15. The lowest BCUT2D eigenvalue weighted by molar-refractivity contribution is 0.165. The second-order valence-electron chi connectivity index (χ2n) is 4.63. The molecule has 1 unspecified atom stereocenters. The molecule has 0 aliphatic carbocycles. The van der Waals surface area contributed by atoms with Crippen molar-refractivity contribution in [3.05, 3.63) is 70.5 Å². The van der Waals surface area contributed by atoms with E-state index in [1.807, 2.05) is 30.3 Å². The minimum atomic E-state index is -0.443. The Morgan fingerprint density at radius 3 is 2.47 bits per heavy atom. The van der Waals surface area contributed by atoms with Gasteiger partial charge in [-0.25, -0.2) is 4.39 Å². The third-order valence-corrected chi connectivity index (χ3v) is 3.35. The van der Waals surface area contributed by atoms with Crippen LogP contribution < -0.4 is 0 Å². The highest BCUT2D eigenvalue weighted by Gasteiger charge is 2.08. The van der Waals surface area contributed by atoms with Gasteiger partial charge in [0.05, 0.1) is 11.1 Å². The lowest BCUT2D eigenvalue weighted by atomic mass is 10.0. The summed E-state index contributed by atoms with van der Waals surface area (Å²) in [4.78, 5) is 0. The minimum Gasteiger partial charge on any atom is -0.393 e. The molecule has 1 N–H and O–H groups in total. The summed E-state index contributed by atoms with van der Waals surface area (Å²) in [5.74, 6) is -0.427. The van der Waals surface area contributed by atoms with Crippen molar-refractivity contribution >= 4 is 11.6 Å². The zero-order valence-corrected chi connectivity index (χ0v) is 11.3. The largest absolute Gasteiger partial charge is 0.393 e. The highest BCUT2D eigenvalue weighted by Crippen LogP contribution is 2.18. The summed E-state index contributed by atoms with van der Waals surface area (Å²) in [5, 5.41) is 10.1. The number of halogens is 2. The van der Waals surface area contributed by atoms with Crippen molar-refractivity contribution < 1.29 is 9.50 Å². The molecule has 2 rings (SSSR count). The second kappa shape index (κ2) is 6.69. The van der Waals surface area contributed by atoms with Gasteiger partial charge >= 0.3 is 0 Å². The van der Waals surface area contributed by atoms with Crippen LogP contribution in [0.15, 0.2) is 48.5 Å². The van der Waals surface area contributed by atoms with Crippen LogP contribution in [-0.2, 0) is 12.8 Å². The molecule has 0 amide bonds. The summed E-state index contributed by atoms with van der Waals surface area (Å²) in [7, 11) is 0. The minimum absolute atomic E-state index is 0.104. The van der Waals surface area contributed by atoms with Gasteiger partial charge in [-0.3, -0.25) is 0 Å². The van der Waals surface area contributed by atoms with Crippen LogP contribution in [0.4, 0.5) is 4.39 Å². The van der Waals surface area contributed by atoms with Gasteiger partial charge in [-0.1, -0.05) is 48.0 Å². The number of benzene rings is 2. The van der Waals surface area contributed by atoms with Crippen LogP contribution in [0.3, 0.4) is 0 Å². The van der Waals surface area contributed by atoms with E-state index in [-0.39, 0.29) is 5.02 Å². The van der Waals surface area contributed by atoms with E-state index in [9.17, 15) is 9.50 Å². The molecule has 1 atom stereocenters. The van der Waals surface area contributed by atoms with Crippen LogP contribution >= 0.6 is 11.6 Å². The van der Waals surface area contributed by atoms with E-state index in [1.165, 1.54) is 11.6 Å². The molecule has 0 fully saturated rings. The molecule has 0 saturated heterocycles. The predicted molar refractivity (Wildman–Crippen MR) is 75.9 cm³/mol. The highest BCUT2D eigenvalue weighted by molar-refractivity contribution is 6.30. The topological polar surface area (TPSA) is 20.2 Å². The summed E-state index contributed by atoms with van der Waals surface area (Å²) in [6.07, 6.45) is 1.56. The molecule has 0 bridgehead atoms. The molecule has 0 aliphatic rings. The zero-order valence-electron chi connectivity index (χ0n) is 10.5. The molecular weight excluding hydrogens is 263 g/mol. The number of aliphatic hydroxyl groups excluding tert-OH is 1. The van der Waals surface area contributed by atoms with Gasteiger partial charge in [0.2, 0.25) is 0 Å². The van der Waals surface area contributed by atoms with Crippen molar-refractivity contribution in [3.8, 4) is 0 Å². The number of hydrogen-bond acceptors (Lipinski definition) is 1. The Morgan fingerprint density at radius 2 is 1.79 bits per heavy atom. The second-order valence-corrected chi connectivity index (χ2v) is 5.04. The van der Waals surface area contributed by atoms with Crippen LogP contribution in [0.2, 0.25) is 5.02 Å². The van der Waals surface area contributed by atoms with E-state index in [2.05, 4.69) is 0 Å². The molecule has 19 heavy (non-hydrogen) atoms. The van der Waals surface area contributed by atoms with Gasteiger partial charge in [-0.05, 0) is 42.5 Å². The Labute approximate surface area is 117 Å². The Hall–Kier alpha value is -1.38. The van der Waals surface area contributed by atoms with Crippen LogP contribution in [0, 0.1) is 5.82 Å². The van der Waals surface area contributed by atoms with Crippen molar-refractivity contribution in [1.29, 1.82) is 0 Å². The Bertz CT molecular complexity index is 528. The number of rotatable bonds is 5. The molecule has 0 heterocycles. The summed E-state index contributed by atoms with van der Waals surface area (Å²) >= 11 is 5.71. The molecule has 0 saturated carbocycles. The fraction of sp³-hybridized carbons (Fsp3) is 0.250. The summed E-state index contributed by atoms with van der Waals surface area (Å²) in [5.41, 5.74) is 2.06. The van der Waals surface area contributed by atoms with Crippen molar-refractivity contribution in [1.82, 2.24) is 0 Å². The van der Waals surface area contributed by atoms with Gasteiger partial charge in [0.1, 0.15) is 5.82 Å². The Balaban J connectivity index is 1.87. The molecule has 0 radical (unpaired) electrons. The van der Waals surface area contributed by atoms with Gasteiger partial charge in [0.25, 0.3) is 0 Å². The molecule has 2 aromatic carbocycles. The fourth-order valence-electron chi connectivity index (χ4n) is 2.02. The fourth-order valence-corrected chi connectivity index (χ4v) is 2.22. The van der Waals surface area contributed by atoms with E-state index >= 15 is 0 Å². The quantitative estimate of drug-likeness (QED) is 0.876. The lowest BCUT2D eigenvalue weighted by Gasteiger charge is -2.11. The summed E-state index contributed by atoms with van der Waals surface area (Å²) in [6.45, 7) is 0. The van der Waals surface area contributed by atoms with Crippen LogP contribution in [0.1, 0.15) is 17.5 Å². The van der Waals surface area contributed by atoms with Crippen molar-refractivity contribution in [3.63, 3.8) is 0 Å². The maximum absolute atomic E-state index is 13.0. The van der Waals surface area contributed by atoms with Crippen molar-refractivity contribution in [2.75, 3.05) is 0 Å². The van der Waals surface area contributed by atoms with Crippen molar-refractivity contribution in [2.24, 2.45) is 0 Å². The van der Waals surface area contributed by atoms with Gasteiger partial charge in [-0.2, -0.15) is 0 Å². The summed E-state index contributed by atoms with van der Waals surface area (Å²) in [6, 6.07) is 14.6. The van der Waals surface area contributed by atoms with Gasteiger partial charge in [0, 0.05) is 0 Å². The van der Waals surface area contributed by atoms with Gasteiger partial charge < -0.3 is 5.11 Å². The monoisotopic (exact) mass is 278 g/mol. The molecule has 2 aromatic rings. The average Bonchev–Trinajstić information content (AvgIpc) is 2.42. The first-order valence-electron chi connectivity index (χ1n) is 6.31. The lowest BCUT2D eigenvalue weighted by Crippen LogP contribution is -2.11. The van der Waals surface area contributed by atoms with E-state index in [0.29, 0.717) is 12.8 Å². The van der Waals surface area contributed by atoms with Crippen LogP contribution in [0.25, 0.3) is 0 Å². The van der Waals surface area contributed by atoms with E-state index in [1.54, 1.807) is 12.1 Å². The molecule has 0 spiro atoms. The molecule has 0 aliphatic heterocycles. The Morgan fingerprint density at radius 1 is 1.05 bits per heavy atom. The molecular formula is C16H16ClFO. The number of hydrogen-bond donors (Lipinski definition) is 1. The number of aliphatic hydroxyl groups is 1. The summed E-state index contributed by atoms with van der Waals surface area (Å²) < 4.78 is 13.0. The maximum Gasteiger partial charge on any atom is 0.141 e. The number of aryl methyl sites for hydroxylation is 1. The van der Waals surface area contributed by atoms with E-state index < -0.39 is 11.9 Å².